The number of ether oxygens (including phenoxy) is 1. The summed E-state index contributed by atoms with van der Waals surface area (Å²) in [5.74, 6) is -0.956. The second-order valence-corrected chi connectivity index (χ2v) is 9.06. The Morgan fingerprint density at radius 3 is 2.15 bits per heavy atom. The monoisotopic (exact) mass is 464 g/mol. The molecule has 2 aromatic carbocycles. The highest BCUT2D eigenvalue weighted by Gasteiger charge is 2.29. The van der Waals surface area contributed by atoms with Gasteiger partial charge in [0.05, 0.1) is 5.92 Å². The first-order valence-electron chi connectivity index (χ1n) is 12.1. The van der Waals surface area contributed by atoms with Crippen molar-refractivity contribution >= 4 is 18.0 Å². The van der Waals surface area contributed by atoms with Crippen molar-refractivity contribution in [3.63, 3.8) is 0 Å². The Morgan fingerprint density at radius 1 is 0.912 bits per heavy atom. The van der Waals surface area contributed by atoms with Crippen LogP contribution in [-0.2, 0) is 14.3 Å². The molecule has 0 radical (unpaired) electrons. The van der Waals surface area contributed by atoms with E-state index in [1.807, 2.05) is 24.3 Å². The van der Waals surface area contributed by atoms with Gasteiger partial charge in [-0.2, -0.15) is 0 Å². The summed E-state index contributed by atoms with van der Waals surface area (Å²) in [7, 11) is 0. The zero-order valence-corrected chi connectivity index (χ0v) is 19.4. The Morgan fingerprint density at radius 2 is 1.53 bits per heavy atom. The number of amides is 2. The van der Waals surface area contributed by atoms with Gasteiger partial charge in [0.15, 0.2) is 0 Å². The van der Waals surface area contributed by atoms with Gasteiger partial charge in [0.2, 0.25) is 5.91 Å². The van der Waals surface area contributed by atoms with Gasteiger partial charge in [-0.3, -0.25) is 9.59 Å². The minimum atomic E-state index is -0.768. The first-order chi connectivity index (χ1) is 16.5. The number of nitrogens with one attached hydrogen (secondary N) is 1. The molecule has 2 N–H and O–H groups in total. The van der Waals surface area contributed by atoms with Crippen LogP contribution in [0.3, 0.4) is 0 Å². The maximum absolute atomic E-state index is 12.3. The number of benzene rings is 2. The van der Waals surface area contributed by atoms with Crippen LogP contribution >= 0.6 is 0 Å². The maximum atomic E-state index is 12.3. The summed E-state index contributed by atoms with van der Waals surface area (Å²) in [4.78, 5) is 37.3. The summed E-state index contributed by atoms with van der Waals surface area (Å²) in [6, 6.07) is 16.5. The molecule has 180 valence electrons. The molecular formula is C27H32N2O5. The summed E-state index contributed by atoms with van der Waals surface area (Å²) >= 11 is 0. The van der Waals surface area contributed by atoms with Crippen LogP contribution in [-0.4, -0.2) is 54.2 Å². The van der Waals surface area contributed by atoms with Crippen molar-refractivity contribution in [1.29, 1.82) is 0 Å². The number of likely N-dealkylation sites (tertiary alicyclic amines) is 1. The van der Waals surface area contributed by atoms with Crippen molar-refractivity contribution in [2.75, 3.05) is 26.2 Å². The molecule has 0 saturated carbocycles. The topological polar surface area (TPSA) is 95.9 Å². The quantitative estimate of drug-likeness (QED) is 0.536. The number of aliphatic carboxylic acids is 1. The summed E-state index contributed by atoms with van der Waals surface area (Å²) in [6.45, 7) is 1.86. The van der Waals surface area contributed by atoms with Gasteiger partial charge in [-0.1, -0.05) is 55.0 Å². The van der Waals surface area contributed by atoms with E-state index in [1.165, 1.54) is 22.3 Å². The lowest BCUT2D eigenvalue weighted by Gasteiger charge is -2.30. The van der Waals surface area contributed by atoms with Gasteiger partial charge in [-0.25, -0.2) is 4.79 Å². The molecule has 4 rings (SSSR count). The summed E-state index contributed by atoms with van der Waals surface area (Å²) in [6.07, 6.45) is 3.47. The lowest BCUT2D eigenvalue weighted by atomic mass is 9.97. The molecule has 1 aliphatic heterocycles. The van der Waals surface area contributed by atoms with Crippen molar-refractivity contribution in [2.24, 2.45) is 5.92 Å². The van der Waals surface area contributed by atoms with Gasteiger partial charge in [0.1, 0.15) is 6.61 Å². The number of carbonyl (C=O) groups excluding carboxylic acids is 2. The average Bonchev–Trinajstić information content (AvgIpc) is 3.18. The van der Waals surface area contributed by atoms with E-state index in [0.717, 1.165) is 19.3 Å². The second kappa shape index (κ2) is 11.2. The van der Waals surface area contributed by atoms with Crippen LogP contribution in [0.4, 0.5) is 4.79 Å². The number of nitrogens with zero attached hydrogens (tertiary/aromatic N) is 1. The number of fused-ring (bicyclic) bond motifs is 3. The molecule has 34 heavy (non-hydrogen) atoms. The van der Waals surface area contributed by atoms with E-state index in [9.17, 15) is 14.4 Å². The molecule has 1 fully saturated rings. The van der Waals surface area contributed by atoms with E-state index in [4.69, 9.17) is 9.84 Å². The lowest BCUT2D eigenvalue weighted by molar-refractivity contribution is -0.145. The molecule has 1 heterocycles. The van der Waals surface area contributed by atoms with Crippen LogP contribution in [0.2, 0.25) is 0 Å². The van der Waals surface area contributed by atoms with Crippen LogP contribution in [0.15, 0.2) is 48.5 Å². The number of carbonyl (C=O) groups is 3. The third-order valence-electron chi connectivity index (χ3n) is 6.88. The van der Waals surface area contributed by atoms with Crippen molar-refractivity contribution in [3.05, 3.63) is 59.7 Å². The Bertz CT molecular complexity index is 984. The van der Waals surface area contributed by atoms with Gasteiger partial charge < -0.3 is 20.1 Å². The van der Waals surface area contributed by atoms with E-state index in [1.54, 1.807) is 4.90 Å². The second-order valence-electron chi connectivity index (χ2n) is 9.06. The highest BCUT2D eigenvalue weighted by molar-refractivity contribution is 5.79. The standard InChI is InChI=1S/C27H32N2O5/c30-25(29-16-13-19(14-17-29)26(31)32)12-2-1-7-15-28-27(33)34-18-24-22-10-5-3-8-20(22)21-9-4-6-11-23(21)24/h3-6,8-11,19,24H,1-2,7,12-18H2,(H,28,33)(H,31,32). The SMILES string of the molecule is O=C(NCCCCCC(=O)N1CCC(C(=O)O)CC1)OCC1c2ccccc2-c2ccccc21. The Kier molecular flexibility index (Phi) is 7.83. The molecule has 7 heteroatoms. The Labute approximate surface area is 200 Å². The highest BCUT2D eigenvalue weighted by Crippen LogP contribution is 2.44. The molecule has 2 amide bonds. The molecule has 1 saturated heterocycles. The summed E-state index contributed by atoms with van der Waals surface area (Å²) < 4.78 is 5.54. The van der Waals surface area contributed by atoms with Gasteiger partial charge >= 0.3 is 12.1 Å². The van der Waals surface area contributed by atoms with Crippen LogP contribution in [0.5, 0.6) is 0 Å². The molecule has 0 atom stereocenters. The van der Waals surface area contributed by atoms with Gasteiger partial charge in [0, 0.05) is 32.0 Å². The van der Waals surface area contributed by atoms with E-state index < -0.39 is 12.1 Å². The molecular weight excluding hydrogens is 432 g/mol. The zero-order valence-electron chi connectivity index (χ0n) is 19.4. The Hall–Kier alpha value is -3.35. The number of piperidine rings is 1. The third kappa shape index (κ3) is 5.58. The van der Waals surface area contributed by atoms with Crippen molar-refractivity contribution in [2.45, 2.75) is 44.4 Å². The normalized spacial score (nSPS) is 15.5. The average molecular weight is 465 g/mol. The van der Waals surface area contributed by atoms with Crippen LogP contribution in [0.25, 0.3) is 11.1 Å². The number of unbranched alkanes of at least 4 members (excludes halogenated alkanes) is 2. The number of carboxylic acid groups (broad SMARTS) is 1. The molecule has 1 aliphatic carbocycles. The highest BCUT2D eigenvalue weighted by atomic mass is 16.5. The molecule has 0 aromatic heterocycles. The van der Waals surface area contributed by atoms with Crippen molar-refractivity contribution in [3.8, 4) is 11.1 Å². The Balaban J connectivity index is 1.11. The number of alkyl carbamates (subject to hydrolysis) is 1. The van der Waals surface area contributed by atoms with E-state index in [2.05, 4.69) is 29.6 Å². The van der Waals surface area contributed by atoms with Crippen LogP contribution in [0.1, 0.15) is 55.6 Å². The fourth-order valence-electron chi connectivity index (χ4n) is 4.95. The fourth-order valence-corrected chi connectivity index (χ4v) is 4.95. The summed E-state index contributed by atoms with van der Waals surface area (Å²) in [5, 5.41) is 11.9. The third-order valence-corrected chi connectivity index (χ3v) is 6.88. The van der Waals surface area contributed by atoms with Crippen molar-refractivity contribution in [1.82, 2.24) is 10.2 Å². The smallest absolute Gasteiger partial charge is 0.407 e. The minimum Gasteiger partial charge on any atom is -0.481 e. The van der Waals surface area contributed by atoms with Gasteiger partial charge in [0.25, 0.3) is 0 Å². The van der Waals surface area contributed by atoms with Gasteiger partial charge in [-0.15, -0.1) is 0 Å². The predicted octanol–water partition coefficient (Wildman–Crippen LogP) is 4.41. The number of carboxylic acids is 1. The maximum Gasteiger partial charge on any atom is 0.407 e. The number of rotatable bonds is 9. The largest absolute Gasteiger partial charge is 0.481 e. The van der Waals surface area contributed by atoms with Crippen LogP contribution in [0, 0.1) is 5.92 Å². The lowest BCUT2D eigenvalue weighted by Crippen LogP contribution is -2.40. The fraction of sp³-hybridized carbons (Fsp3) is 0.444. The molecule has 0 spiro atoms. The first-order valence-corrected chi connectivity index (χ1v) is 12.1. The summed E-state index contributed by atoms with van der Waals surface area (Å²) in [5.41, 5.74) is 4.78. The van der Waals surface area contributed by atoms with Gasteiger partial charge in [-0.05, 0) is 47.9 Å². The van der Waals surface area contributed by atoms with E-state index >= 15 is 0 Å². The first kappa shape index (κ1) is 23.8. The number of hydrogen-bond acceptors (Lipinski definition) is 4. The van der Waals surface area contributed by atoms with E-state index in [0.29, 0.717) is 45.5 Å². The molecule has 0 unspecified atom stereocenters. The molecule has 2 aliphatic rings. The predicted molar refractivity (Wildman–Crippen MR) is 128 cm³/mol. The van der Waals surface area contributed by atoms with Crippen LogP contribution < -0.4 is 5.32 Å². The number of hydrogen-bond donors (Lipinski definition) is 2. The zero-order chi connectivity index (χ0) is 23.9. The van der Waals surface area contributed by atoms with E-state index in [-0.39, 0.29) is 17.7 Å². The minimum absolute atomic E-state index is 0.0460. The van der Waals surface area contributed by atoms with Crippen molar-refractivity contribution < 1.29 is 24.2 Å². The molecule has 2 aromatic rings. The molecule has 7 nitrogen and oxygen atoms in total. The molecule has 0 bridgehead atoms.